The Morgan fingerprint density at radius 1 is 0.923 bits per heavy atom. The van der Waals surface area contributed by atoms with E-state index in [9.17, 15) is 9.59 Å². The molecule has 0 unspecified atom stereocenters. The Balaban J connectivity index is 0. The first-order valence-corrected chi connectivity index (χ1v) is 4.25. The summed E-state index contributed by atoms with van der Waals surface area (Å²) in [5.74, 6) is -1.16. The largest absolute Gasteiger partial charge is 0.469 e. The first kappa shape index (κ1) is 14.5. The van der Waals surface area contributed by atoms with Crippen LogP contribution in [-0.2, 0) is 19.1 Å². The van der Waals surface area contributed by atoms with Crippen molar-refractivity contribution in [2.24, 2.45) is 0 Å². The average molecular weight is 190 g/mol. The molecule has 0 atom stereocenters. The van der Waals surface area contributed by atoms with Gasteiger partial charge >= 0.3 is 11.9 Å². The molecule has 0 aromatic carbocycles. The molecule has 0 aromatic heterocycles. The van der Waals surface area contributed by atoms with Crippen LogP contribution in [0, 0.1) is 0 Å². The number of rotatable bonds is 3. The second-order valence-electron chi connectivity index (χ2n) is 2.33. The number of carbonyl (C=O) groups excluding carboxylic acids is 2. The zero-order valence-corrected chi connectivity index (χ0v) is 8.75. The highest BCUT2D eigenvalue weighted by atomic mass is 16.5. The molecular formula is C9H18O4. The van der Waals surface area contributed by atoms with Crippen LogP contribution in [0.25, 0.3) is 0 Å². The summed E-state index contributed by atoms with van der Waals surface area (Å²) >= 11 is 0. The SMILES string of the molecule is CCCC.COC(=O)CC(=O)OC. The molecule has 0 saturated heterocycles. The van der Waals surface area contributed by atoms with E-state index in [-0.39, 0.29) is 6.42 Å². The Morgan fingerprint density at radius 2 is 1.23 bits per heavy atom. The van der Waals surface area contributed by atoms with Gasteiger partial charge in [-0.2, -0.15) is 0 Å². The summed E-state index contributed by atoms with van der Waals surface area (Å²) in [5, 5.41) is 0. The molecule has 13 heavy (non-hydrogen) atoms. The maximum atomic E-state index is 10.3. The van der Waals surface area contributed by atoms with Crippen molar-refractivity contribution in [1.82, 2.24) is 0 Å². The van der Waals surface area contributed by atoms with Crippen LogP contribution >= 0.6 is 0 Å². The molecule has 0 N–H and O–H groups in total. The van der Waals surface area contributed by atoms with Crippen molar-refractivity contribution in [3.8, 4) is 0 Å². The van der Waals surface area contributed by atoms with E-state index in [0.29, 0.717) is 0 Å². The van der Waals surface area contributed by atoms with Crippen molar-refractivity contribution in [3.05, 3.63) is 0 Å². The molecule has 0 aliphatic heterocycles. The quantitative estimate of drug-likeness (QED) is 0.500. The van der Waals surface area contributed by atoms with E-state index >= 15 is 0 Å². The van der Waals surface area contributed by atoms with Gasteiger partial charge in [-0.3, -0.25) is 9.59 Å². The number of methoxy groups -OCH3 is 2. The minimum atomic E-state index is -0.582. The predicted octanol–water partition coefficient (Wildman–Crippen LogP) is 1.53. The van der Waals surface area contributed by atoms with E-state index in [1.807, 2.05) is 0 Å². The topological polar surface area (TPSA) is 52.6 Å². The van der Waals surface area contributed by atoms with Crippen molar-refractivity contribution in [2.75, 3.05) is 14.2 Å². The van der Waals surface area contributed by atoms with E-state index in [1.54, 1.807) is 0 Å². The van der Waals surface area contributed by atoms with Gasteiger partial charge in [0.15, 0.2) is 0 Å². The summed E-state index contributed by atoms with van der Waals surface area (Å²) in [4.78, 5) is 20.5. The van der Waals surface area contributed by atoms with Gasteiger partial charge in [-0.1, -0.05) is 26.7 Å². The van der Waals surface area contributed by atoms with Gasteiger partial charge in [0.1, 0.15) is 6.42 Å². The molecule has 4 heteroatoms. The molecule has 0 aliphatic rings. The van der Waals surface area contributed by atoms with E-state index in [0.717, 1.165) is 0 Å². The lowest BCUT2D eigenvalue weighted by Crippen LogP contribution is -2.09. The summed E-state index contributed by atoms with van der Waals surface area (Å²) in [6, 6.07) is 0. The van der Waals surface area contributed by atoms with Crippen LogP contribution in [0.5, 0.6) is 0 Å². The zero-order chi connectivity index (χ0) is 10.7. The van der Waals surface area contributed by atoms with Gasteiger partial charge in [0.25, 0.3) is 0 Å². The summed E-state index contributed by atoms with van der Waals surface area (Å²) in [5.41, 5.74) is 0. The minimum absolute atomic E-state index is 0.312. The molecule has 0 rings (SSSR count). The number of hydrogen-bond acceptors (Lipinski definition) is 4. The third kappa shape index (κ3) is 13.9. The van der Waals surface area contributed by atoms with Gasteiger partial charge < -0.3 is 9.47 Å². The van der Waals surface area contributed by atoms with Crippen molar-refractivity contribution >= 4 is 11.9 Å². The molecule has 0 radical (unpaired) electrons. The van der Waals surface area contributed by atoms with E-state index < -0.39 is 11.9 Å². The first-order valence-electron chi connectivity index (χ1n) is 4.25. The van der Waals surface area contributed by atoms with Gasteiger partial charge in [0, 0.05) is 0 Å². The Labute approximate surface area is 79.2 Å². The lowest BCUT2D eigenvalue weighted by Gasteiger charge is -1.95. The zero-order valence-electron chi connectivity index (χ0n) is 8.75. The summed E-state index contributed by atoms with van der Waals surface area (Å²) in [6.45, 7) is 4.36. The summed E-state index contributed by atoms with van der Waals surface area (Å²) in [7, 11) is 2.43. The monoisotopic (exact) mass is 190 g/mol. The normalized spacial score (nSPS) is 8.00. The highest BCUT2D eigenvalue weighted by molar-refractivity contribution is 5.90. The number of ether oxygens (including phenoxy) is 2. The molecule has 4 nitrogen and oxygen atoms in total. The van der Waals surface area contributed by atoms with Gasteiger partial charge in [-0.15, -0.1) is 0 Å². The third-order valence-electron chi connectivity index (χ3n) is 1.24. The molecular weight excluding hydrogens is 172 g/mol. The molecule has 0 aliphatic carbocycles. The maximum Gasteiger partial charge on any atom is 0.316 e. The Morgan fingerprint density at radius 3 is 1.38 bits per heavy atom. The van der Waals surface area contributed by atoms with Crippen LogP contribution in [0.1, 0.15) is 33.1 Å². The highest BCUT2D eigenvalue weighted by Crippen LogP contribution is 1.85. The molecule has 0 aromatic rings. The van der Waals surface area contributed by atoms with Crippen molar-refractivity contribution in [3.63, 3.8) is 0 Å². The van der Waals surface area contributed by atoms with Gasteiger partial charge in [0.05, 0.1) is 14.2 Å². The Bertz CT molecular complexity index is 127. The molecule has 0 bridgehead atoms. The fourth-order valence-electron chi connectivity index (χ4n) is 0.262. The van der Waals surface area contributed by atoms with E-state index in [4.69, 9.17) is 0 Å². The number of esters is 2. The molecule has 0 amide bonds. The number of unbranched alkanes of at least 4 members (excludes halogenated alkanes) is 1. The second-order valence-corrected chi connectivity index (χ2v) is 2.33. The molecule has 78 valence electrons. The fraction of sp³-hybridized carbons (Fsp3) is 0.778. The smallest absolute Gasteiger partial charge is 0.316 e. The third-order valence-corrected chi connectivity index (χ3v) is 1.24. The summed E-state index contributed by atoms with van der Waals surface area (Å²) < 4.78 is 8.37. The molecule has 0 spiro atoms. The highest BCUT2D eigenvalue weighted by Gasteiger charge is 2.07. The second kappa shape index (κ2) is 10.9. The lowest BCUT2D eigenvalue weighted by molar-refractivity contribution is -0.151. The fourth-order valence-corrected chi connectivity index (χ4v) is 0.262. The Kier molecular flexibility index (Phi) is 12.2. The number of hydrogen-bond donors (Lipinski definition) is 0. The van der Waals surface area contributed by atoms with Crippen LogP contribution in [0.4, 0.5) is 0 Å². The van der Waals surface area contributed by atoms with Crippen LogP contribution < -0.4 is 0 Å². The van der Waals surface area contributed by atoms with Gasteiger partial charge in [-0.25, -0.2) is 0 Å². The maximum absolute atomic E-state index is 10.3. The van der Waals surface area contributed by atoms with Crippen molar-refractivity contribution in [1.29, 1.82) is 0 Å². The van der Waals surface area contributed by atoms with Crippen LogP contribution in [-0.4, -0.2) is 26.2 Å². The lowest BCUT2D eigenvalue weighted by atomic mass is 10.4. The van der Waals surface area contributed by atoms with Crippen molar-refractivity contribution < 1.29 is 19.1 Å². The molecule has 0 fully saturated rings. The first-order chi connectivity index (χ1) is 6.12. The van der Waals surface area contributed by atoms with Gasteiger partial charge in [0.2, 0.25) is 0 Å². The standard InChI is InChI=1S/C5H8O4.C4H10/c1-8-4(6)3-5(7)9-2;1-3-4-2/h3H2,1-2H3;3-4H2,1-2H3. The average Bonchev–Trinajstić information content (AvgIpc) is 2.17. The van der Waals surface area contributed by atoms with Gasteiger partial charge in [-0.05, 0) is 0 Å². The number of carbonyl (C=O) groups is 2. The van der Waals surface area contributed by atoms with Crippen LogP contribution in [0.15, 0.2) is 0 Å². The molecule has 0 heterocycles. The predicted molar refractivity (Wildman–Crippen MR) is 49.2 cm³/mol. The Hall–Kier alpha value is -1.06. The van der Waals surface area contributed by atoms with E-state index in [2.05, 4.69) is 23.3 Å². The molecule has 0 saturated carbocycles. The van der Waals surface area contributed by atoms with Crippen LogP contribution in [0.3, 0.4) is 0 Å². The van der Waals surface area contributed by atoms with Crippen LogP contribution in [0.2, 0.25) is 0 Å². The summed E-state index contributed by atoms with van der Waals surface area (Å²) in [6.07, 6.45) is 2.33. The van der Waals surface area contributed by atoms with Crippen molar-refractivity contribution in [2.45, 2.75) is 33.1 Å². The minimum Gasteiger partial charge on any atom is -0.469 e. The van der Waals surface area contributed by atoms with E-state index in [1.165, 1.54) is 27.1 Å².